The zero-order chi connectivity index (χ0) is 24.3. The van der Waals surface area contributed by atoms with Gasteiger partial charge in [-0.3, -0.25) is 0 Å². The molecule has 1 unspecified atom stereocenters. The summed E-state index contributed by atoms with van der Waals surface area (Å²) in [6.07, 6.45) is 2.68. The van der Waals surface area contributed by atoms with E-state index in [1.807, 2.05) is 25.7 Å². The van der Waals surface area contributed by atoms with E-state index in [1.165, 1.54) is 0 Å². The summed E-state index contributed by atoms with van der Waals surface area (Å²) in [6, 6.07) is 3.12. The number of urea groups is 1. The van der Waals surface area contributed by atoms with Gasteiger partial charge in [0.2, 0.25) is 0 Å². The van der Waals surface area contributed by atoms with Gasteiger partial charge in [-0.05, 0) is 45.6 Å². The van der Waals surface area contributed by atoms with Gasteiger partial charge < -0.3 is 24.2 Å². The number of likely N-dealkylation sites (tertiary alicyclic amines) is 2. The van der Waals surface area contributed by atoms with Gasteiger partial charge in [0, 0.05) is 36.1 Å². The maximum absolute atomic E-state index is 13.1. The number of amides is 2. The Morgan fingerprint density at radius 1 is 1.30 bits per heavy atom. The molecule has 0 radical (unpaired) electrons. The van der Waals surface area contributed by atoms with Gasteiger partial charge in [0.05, 0.1) is 35.3 Å². The van der Waals surface area contributed by atoms with Crippen LogP contribution in [0.1, 0.15) is 45.2 Å². The van der Waals surface area contributed by atoms with Gasteiger partial charge in [-0.25, -0.2) is 4.79 Å². The van der Waals surface area contributed by atoms with Crippen molar-refractivity contribution < 1.29 is 19.2 Å². The number of piperidine rings is 1. The van der Waals surface area contributed by atoms with Gasteiger partial charge in [-0.2, -0.15) is 0 Å². The fraction of sp³-hybridized carbons (Fsp3) is 0.609. The van der Waals surface area contributed by atoms with E-state index >= 15 is 0 Å². The molecular formula is C23H33Cl2N3O4S. The molecule has 2 saturated heterocycles. The van der Waals surface area contributed by atoms with Crippen molar-refractivity contribution in [2.24, 2.45) is 5.92 Å². The van der Waals surface area contributed by atoms with Crippen molar-refractivity contribution in [3.63, 3.8) is 0 Å². The Hall–Kier alpha value is -1.16. The summed E-state index contributed by atoms with van der Waals surface area (Å²) in [7, 11) is 0. The van der Waals surface area contributed by atoms with Crippen LogP contribution in [0.15, 0.2) is 24.8 Å². The van der Waals surface area contributed by atoms with E-state index < -0.39 is 22.2 Å². The number of carbonyl (C=O) groups is 1. The summed E-state index contributed by atoms with van der Waals surface area (Å²) in [5.41, 5.74) is 0.791. The third-order valence-electron chi connectivity index (χ3n) is 5.95. The number of aliphatic hydroxyl groups excluding tert-OH is 1. The molecule has 2 amide bonds. The maximum Gasteiger partial charge on any atom is 0.320 e. The van der Waals surface area contributed by atoms with Crippen LogP contribution in [-0.2, 0) is 11.4 Å². The lowest BCUT2D eigenvalue weighted by Gasteiger charge is -2.43. The number of β-amino-alcohol motifs (C(OH)–C–C–N with tert-alkyl or cyclic N) is 1. The molecule has 0 spiro atoms. The highest BCUT2D eigenvalue weighted by Gasteiger charge is 2.39. The van der Waals surface area contributed by atoms with E-state index in [0.717, 1.165) is 18.4 Å². The Kier molecular flexibility index (Phi) is 8.86. The molecule has 33 heavy (non-hydrogen) atoms. The molecule has 1 aromatic carbocycles. The van der Waals surface area contributed by atoms with Gasteiger partial charge >= 0.3 is 6.03 Å². The lowest BCUT2D eigenvalue weighted by molar-refractivity contribution is 0.0113. The second-order valence-electron chi connectivity index (χ2n) is 9.55. The fourth-order valence-electron chi connectivity index (χ4n) is 4.00. The Morgan fingerprint density at radius 3 is 2.45 bits per heavy atom. The van der Waals surface area contributed by atoms with Gasteiger partial charge in [-0.1, -0.05) is 35.9 Å². The Morgan fingerprint density at radius 2 is 1.91 bits per heavy atom. The van der Waals surface area contributed by atoms with Crippen molar-refractivity contribution in [3.05, 3.63) is 40.4 Å². The summed E-state index contributed by atoms with van der Waals surface area (Å²) in [6.45, 7) is 11.7. The highest BCUT2D eigenvalue weighted by molar-refractivity contribution is 7.90. The minimum Gasteiger partial charge on any atom is -0.598 e. The van der Waals surface area contributed by atoms with Crippen LogP contribution in [0, 0.1) is 5.92 Å². The first-order chi connectivity index (χ1) is 15.5. The van der Waals surface area contributed by atoms with E-state index in [4.69, 9.17) is 27.9 Å². The first-order valence-electron chi connectivity index (χ1n) is 11.1. The van der Waals surface area contributed by atoms with Crippen molar-refractivity contribution >= 4 is 40.6 Å². The van der Waals surface area contributed by atoms with Crippen LogP contribution in [0.5, 0.6) is 5.75 Å². The molecule has 0 aliphatic carbocycles. The molecular weight excluding hydrogens is 485 g/mol. The lowest BCUT2D eigenvalue weighted by atomic mass is 9.85. The minimum atomic E-state index is -1.34. The molecule has 3 rings (SSSR count). The van der Waals surface area contributed by atoms with Crippen LogP contribution in [0.25, 0.3) is 0 Å². The van der Waals surface area contributed by atoms with Crippen molar-refractivity contribution in [1.82, 2.24) is 14.5 Å². The highest BCUT2D eigenvalue weighted by atomic mass is 35.5. The Bertz CT molecular complexity index is 853. The summed E-state index contributed by atoms with van der Waals surface area (Å²) in [4.78, 5) is 16.1. The second-order valence-corrected chi connectivity index (χ2v) is 12.4. The van der Waals surface area contributed by atoms with Crippen LogP contribution >= 0.6 is 23.2 Å². The average molecular weight is 519 g/mol. The van der Waals surface area contributed by atoms with Crippen molar-refractivity contribution in [2.45, 2.75) is 50.5 Å². The SMILES string of the molecule is C=CCOc1cc(Cl)c(Cl)cc1C(N[S@@+]([O-])C(C)(C)C)C1CCN(C(=O)N2CC(O)C2)CC1. The first-order valence-corrected chi connectivity index (χ1v) is 13.0. The minimum absolute atomic E-state index is 0.0360. The van der Waals surface area contributed by atoms with E-state index in [0.29, 0.717) is 48.6 Å². The molecule has 0 saturated carbocycles. The van der Waals surface area contributed by atoms with Crippen LogP contribution in [0.2, 0.25) is 10.0 Å². The van der Waals surface area contributed by atoms with Gasteiger partial charge in [0.25, 0.3) is 0 Å². The summed E-state index contributed by atoms with van der Waals surface area (Å²) in [5.74, 6) is 0.673. The molecule has 2 aliphatic heterocycles. The smallest absolute Gasteiger partial charge is 0.320 e. The molecule has 7 nitrogen and oxygen atoms in total. The van der Waals surface area contributed by atoms with Gasteiger partial charge in [0.15, 0.2) is 0 Å². The van der Waals surface area contributed by atoms with E-state index in [-0.39, 0.29) is 18.0 Å². The largest absolute Gasteiger partial charge is 0.598 e. The third-order valence-corrected chi connectivity index (χ3v) is 8.25. The molecule has 0 aromatic heterocycles. The Labute approximate surface area is 209 Å². The van der Waals surface area contributed by atoms with Crippen LogP contribution < -0.4 is 9.46 Å². The van der Waals surface area contributed by atoms with E-state index in [1.54, 1.807) is 23.1 Å². The fourth-order valence-corrected chi connectivity index (χ4v) is 5.23. The van der Waals surface area contributed by atoms with Gasteiger partial charge in [0.1, 0.15) is 17.1 Å². The van der Waals surface area contributed by atoms with Crippen molar-refractivity contribution in [2.75, 3.05) is 32.8 Å². The van der Waals surface area contributed by atoms with Crippen molar-refractivity contribution in [1.29, 1.82) is 0 Å². The number of aliphatic hydroxyl groups is 1. The molecule has 2 fully saturated rings. The molecule has 1 aromatic rings. The first kappa shape index (κ1) is 26.4. The number of halogens is 2. The van der Waals surface area contributed by atoms with Crippen LogP contribution in [0.3, 0.4) is 0 Å². The number of hydrogen-bond acceptors (Lipinski definition) is 5. The predicted octanol–water partition coefficient (Wildman–Crippen LogP) is 4.16. The van der Waals surface area contributed by atoms with Crippen molar-refractivity contribution in [3.8, 4) is 5.75 Å². The zero-order valence-corrected chi connectivity index (χ0v) is 21.7. The normalized spacial score (nSPS) is 19.7. The average Bonchev–Trinajstić information content (AvgIpc) is 2.74. The second kappa shape index (κ2) is 11.1. The summed E-state index contributed by atoms with van der Waals surface area (Å²) in [5, 5.41) is 10.3. The van der Waals surface area contributed by atoms with E-state index in [2.05, 4.69) is 11.3 Å². The predicted molar refractivity (Wildman–Crippen MR) is 133 cm³/mol. The topological polar surface area (TPSA) is 88.1 Å². The molecule has 2 heterocycles. The lowest BCUT2D eigenvalue weighted by Crippen LogP contribution is -2.58. The molecule has 2 N–H and O–H groups in total. The third kappa shape index (κ3) is 6.50. The number of nitrogens with one attached hydrogen (secondary N) is 1. The molecule has 10 heteroatoms. The molecule has 0 bridgehead atoms. The zero-order valence-electron chi connectivity index (χ0n) is 19.4. The number of rotatable bonds is 7. The number of hydrogen-bond donors (Lipinski definition) is 2. The highest BCUT2D eigenvalue weighted by Crippen LogP contribution is 2.41. The standard InChI is InChI=1S/C23H33Cl2N3O4S/c1-5-10-32-20-12-19(25)18(24)11-17(20)21(26-33(31)23(2,3)4)15-6-8-27(9-7-15)22(30)28-13-16(29)14-28/h5,11-12,15-16,21,26,29H,1,6-10,13-14H2,2-4H3/t21?,33-/m0/s1. The number of carbonyl (C=O) groups excluding carboxylic acids is 1. The Balaban J connectivity index is 1.83. The molecule has 184 valence electrons. The van der Waals surface area contributed by atoms with Gasteiger partial charge in [-0.15, -0.1) is 4.72 Å². The molecule has 2 aliphatic rings. The van der Waals surface area contributed by atoms with E-state index in [9.17, 15) is 14.5 Å². The summed E-state index contributed by atoms with van der Waals surface area (Å²) >= 11 is 11.3. The number of benzene rings is 1. The number of nitrogens with zero attached hydrogens (tertiary/aromatic N) is 2. The monoisotopic (exact) mass is 517 g/mol. The van der Waals surface area contributed by atoms with Crippen LogP contribution in [-0.4, -0.2) is 69.1 Å². The molecule has 2 atom stereocenters. The van der Waals surface area contributed by atoms with Crippen LogP contribution in [0.4, 0.5) is 4.79 Å². The summed E-state index contributed by atoms with van der Waals surface area (Å²) < 4.78 is 21.8. The maximum atomic E-state index is 13.1. The quantitative estimate of drug-likeness (QED) is 0.418. The number of ether oxygens (including phenoxy) is 1.